The van der Waals surface area contributed by atoms with Gasteiger partial charge in [-0.1, -0.05) is 12.2 Å². The SMILES string of the molecule is C=CCC(C(=O)O)(C(N)C=C)[N+](C)(C)C. The summed E-state index contributed by atoms with van der Waals surface area (Å²) in [5.74, 6) is -0.928. The number of carboxylic acid groups (broad SMARTS) is 1. The number of nitrogens with zero attached hydrogens (tertiary/aromatic N) is 1. The molecule has 0 radical (unpaired) electrons. The van der Waals surface area contributed by atoms with Crippen molar-refractivity contribution < 1.29 is 14.4 Å². The van der Waals surface area contributed by atoms with E-state index in [1.54, 1.807) is 27.2 Å². The molecule has 2 atom stereocenters. The number of rotatable bonds is 6. The van der Waals surface area contributed by atoms with Crippen LogP contribution in [0.4, 0.5) is 0 Å². The number of quaternary nitrogens is 1. The first-order valence-corrected chi connectivity index (χ1v) is 4.78. The molecule has 86 valence electrons. The molecule has 0 aromatic heterocycles. The number of likely N-dealkylation sites (N-methyl/N-ethyl adjacent to an activating group) is 1. The van der Waals surface area contributed by atoms with E-state index in [0.717, 1.165) is 0 Å². The Bertz CT molecular complexity index is 268. The molecule has 0 aromatic rings. The van der Waals surface area contributed by atoms with E-state index in [-0.39, 0.29) is 4.48 Å². The molecule has 0 rings (SSSR count). The Morgan fingerprint density at radius 1 is 1.53 bits per heavy atom. The van der Waals surface area contributed by atoms with Crippen LogP contribution in [0.1, 0.15) is 6.42 Å². The lowest BCUT2D eigenvalue weighted by Crippen LogP contribution is -2.69. The quantitative estimate of drug-likeness (QED) is 0.502. The van der Waals surface area contributed by atoms with Crippen LogP contribution < -0.4 is 5.73 Å². The third kappa shape index (κ3) is 2.27. The lowest BCUT2D eigenvalue weighted by molar-refractivity contribution is -0.914. The first kappa shape index (κ1) is 13.9. The summed E-state index contributed by atoms with van der Waals surface area (Å²) in [6, 6.07) is -0.618. The first-order valence-electron chi connectivity index (χ1n) is 4.78. The van der Waals surface area contributed by atoms with Gasteiger partial charge in [0, 0.05) is 6.42 Å². The number of carbonyl (C=O) groups is 1. The van der Waals surface area contributed by atoms with Crippen LogP contribution in [0.2, 0.25) is 0 Å². The van der Waals surface area contributed by atoms with Crippen LogP contribution in [0.15, 0.2) is 25.3 Å². The van der Waals surface area contributed by atoms with E-state index in [2.05, 4.69) is 13.2 Å². The number of nitrogens with two attached hydrogens (primary N) is 1. The van der Waals surface area contributed by atoms with Crippen molar-refractivity contribution in [2.45, 2.75) is 18.0 Å². The third-order valence-electron chi connectivity index (χ3n) is 2.83. The fraction of sp³-hybridized carbons (Fsp3) is 0.545. The molecule has 15 heavy (non-hydrogen) atoms. The summed E-state index contributed by atoms with van der Waals surface area (Å²) < 4.78 is 0.224. The van der Waals surface area contributed by atoms with Crippen molar-refractivity contribution >= 4 is 5.97 Å². The molecule has 0 heterocycles. The second-order valence-corrected chi connectivity index (χ2v) is 4.50. The van der Waals surface area contributed by atoms with Gasteiger partial charge in [0.15, 0.2) is 0 Å². The van der Waals surface area contributed by atoms with Crippen molar-refractivity contribution in [3.8, 4) is 0 Å². The van der Waals surface area contributed by atoms with Gasteiger partial charge in [0.1, 0.15) is 0 Å². The summed E-state index contributed by atoms with van der Waals surface area (Å²) in [6.45, 7) is 7.17. The second-order valence-electron chi connectivity index (χ2n) is 4.50. The highest BCUT2D eigenvalue weighted by Gasteiger charge is 2.53. The zero-order valence-electron chi connectivity index (χ0n) is 9.73. The highest BCUT2D eigenvalue weighted by Crippen LogP contribution is 2.27. The lowest BCUT2D eigenvalue weighted by atomic mass is 9.83. The number of carboxylic acids is 1. The second kappa shape index (κ2) is 4.59. The van der Waals surface area contributed by atoms with Crippen LogP contribution in [0.3, 0.4) is 0 Å². The average Bonchev–Trinajstić information content (AvgIpc) is 2.10. The summed E-state index contributed by atoms with van der Waals surface area (Å²) in [6.07, 6.45) is 3.36. The minimum atomic E-state index is -1.11. The van der Waals surface area contributed by atoms with Gasteiger partial charge >= 0.3 is 5.97 Å². The first-order chi connectivity index (χ1) is 6.74. The van der Waals surface area contributed by atoms with Crippen molar-refractivity contribution in [1.82, 2.24) is 0 Å². The Kier molecular flexibility index (Phi) is 4.25. The van der Waals surface area contributed by atoms with E-state index < -0.39 is 17.6 Å². The van der Waals surface area contributed by atoms with Gasteiger partial charge < -0.3 is 15.3 Å². The molecular weight excluding hydrogens is 192 g/mol. The van der Waals surface area contributed by atoms with Gasteiger partial charge in [0.2, 0.25) is 5.54 Å². The fourth-order valence-electron chi connectivity index (χ4n) is 1.79. The van der Waals surface area contributed by atoms with E-state index in [1.165, 1.54) is 6.08 Å². The van der Waals surface area contributed by atoms with E-state index in [9.17, 15) is 9.90 Å². The summed E-state index contributed by atoms with van der Waals surface area (Å²) in [5, 5.41) is 9.40. The lowest BCUT2D eigenvalue weighted by Gasteiger charge is -2.45. The van der Waals surface area contributed by atoms with Gasteiger partial charge in [-0.15, -0.1) is 13.2 Å². The molecular formula is C11H21N2O2+. The van der Waals surface area contributed by atoms with Crippen molar-refractivity contribution in [3.63, 3.8) is 0 Å². The number of hydrogen-bond donors (Lipinski definition) is 2. The summed E-state index contributed by atoms with van der Waals surface area (Å²) in [5.41, 5.74) is 4.76. The molecule has 0 aliphatic rings. The Morgan fingerprint density at radius 3 is 2.20 bits per heavy atom. The molecule has 0 aromatic carbocycles. The van der Waals surface area contributed by atoms with Crippen molar-refractivity contribution in [2.75, 3.05) is 21.1 Å². The molecule has 0 spiro atoms. The molecule has 0 fully saturated rings. The molecule has 0 saturated heterocycles. The largest absolute Gasteiger partial charge is 0.477 e. The highest BCUT2D eigenvalue weighted by molar-refractivity contribution is 5.79. The molecule has 0 aliphatic carbocycles. The van der Waals surface area contributed by atoms with Gasteiger partial charge in [-0.05, 0) is 0 Å². The average molecular weight is 213 g/mol. The normalized spacial score (nSPS) is 17.6. The minimum absolute atomic E-state index is 0.224. The van der Waals surface area contributed by atoms with E-state index in [4.69, 9.17) is 5.73 Å². The molecule has 4 heteroatoms. The Hall–Kier alpha value is -1.13. The smallest absolute Gasteiger partial charge is 0.368 e. The van der Waals surface area contributed by atoms with Crippen molar-refractivity contribution in [2.24, 2.45) is 5.73 Å². The standard InChI is InChI=1S/C11H20N2O2/c1-6-8-11(10(14)15,9(12)7-2)13(3,4)5/h6-7,9H,1-2,8,12H2,3-5H3/p+1. The zero-order valence-corrected chi connectivity index (χ0v) is 9.73. The fourth-order valence-corrected chi connectivity index (χ4v) is 1.79. The number of hydrogen-bond acceptors (Lipinski definition) is 2. The van der Waals surface area contributed by atoms with E-state index in [0.29, 0.717) is 6.42 Å². The topological polar surface area (TPSA) is 63.3 Å². The Balaban J connectivity index is 5.56. The molecule has 4 nitrogen and oxygen atoms in total. The van der Waals surface area contributed by atoms with E-state index in [1.807, 2.05) is 0 Å². The van der Waals surface area contributed by atoms with Gasteiger partial charge in [0.05, 0.1) is 27.2 Å². The van der Waals surface area contributed by atoms with Crippen molar-refractivity contribution in [1.29, 1.82) is 0 Å². The summed E-state index contributed by atoms with van der Waals surface area (Å²) in [4.78, 5) is 11.5. The molecule has 0 bridgehead atoms. The maximum absolute atomic E-state index is 11.5. The van der Waals surface area contributed by atoms with Crippen LogP contribution in [-0.2, 0) is 4.79 Å². The minimum Gasteiger partial charge on any atom is -0.477 e. The third-order valence-corrected chi connectivity index (χ3v) is 2.83. The Labute approximate surface area is 91.3 Å². The number of aliphatic carboxylic acids is 1. The van der Waals surface area contributed by atoms with Crippen LogP contribution in [-0.4, -0.2) is 48.3 Å². The molecule has 2 unspecified atom stereocenters. The van der Waals surface area contributed by atoms with E-state index >= 15 is 0 Å². The van der Waals surface area contributed by atoms with Crippen LogP contribution in [0, 0.1) is 0 Å². The predicted octanol–water partition coefficient (Wildman–Crippen LogP) is 0.605. The maximum atomic E-state index is 11.5. The van der Waals surface area contributed by atoms with Gasteiger partial charge in [0.25, 0.3) is 0 Å². The summed E-state index contributed by atoms with van der Waals surface area (Å²) in [7, 11) is 5.42. The van der Waals surface area contributed by atoms with Gasteiger partial charge in [-0.2, -0.15) is 0 Å². The monoisotopic (exact) mass is 213 g/mol. The highest BCUT2D eigenvalue weighted by atomic mass is 16.4. The van der Waals surface area contributed by atoms with Crippen LogP contribution >= 0.6 is 0 Å². The van der Waals surface area contributed by atoms with Gasteiger partial charge in [-0.3, -0.25) is 0 Å². The molecule has 0 amide bonds. The molecule has 3 N–H and O–H groups in total. The Morgan fingerprint density at radius 2 is 2.00 bits per heavy atom. The van der Waals surface area contributed by atoms with Gasteiger partial charge in [-0.25, -0.2) is 4.79 Å². The predicted molar refractivity (Wildman–Crippen MR) is 61.4 cm³/mol. The molecule has 0 saturated carbocycles. The maximum Gasteiger partial charge on any atom is 0.368 e. The van der Waals surface area contributed by atoms with Crippen LogP contribution in [0.25, 0.3) is 0 Å². The zero-order chi connectivity index (χ0) is 12.3. The van der Waals surface area contributed by atoms with Crippen LogP contribution in [0.5, 0.6) is 0 Å². The summed E-state index contributed by atoms with van der Waals surface area (Å²) >= 11 is 0. The molecule has 0 aliphatic heterocycles. The van der Waals surface area contributed by atoms with Crippen molar-refractivity contribution in [3.05, 3.63) is 25.3 Å².